The van der Waals surface area contributed by atoms with Crippen molar-refractivity contribution in [2.75, 3.05) is 44.2 Å². The zero-order valence-electron chi connectivity index (χ0n) is 16.2. The summed E-state index contributed by atoms with van der Waals surface area (Å²) in [7, 11) is 0. The van der Waals surface area contributed by atoms with Crippen molar-refractivity contribution in [1.82, 2.24) is 19.7 Å². The standard InChI is InChI=1S/C21H30N4OS/c1-17-16-18-4-2-3-5-20(18)25(17)11-8-22-21(26)24-9-6-19(7-10-24)23-12-14-27-15-13-23/h2-5,16,19H,6-15H2,1H3,(H,22,26). The molecule has 0 saturated carbocycles. The van der Waals surface area contributed by atoms with Gasteiger partial charge in [-0.2, -0.15) is 11.8 Å². The van der Waals surface area contributed by atoms with Crippen LogP contribution in [0.4, 0.5) is 4.79 Å². The second kappa shape index (κ2) is 8.57. The first kappa shape index (κ1) is 18.7. The van der Waals surface area contributed by atoms with Gasteiger partial charge in [-0.05, 0) is 37.3 Å². The molecule has 3 heterocycles. The molecule has 27 heavy (non-hydrogen) atoms. The number of amides is 2. The van der Waals surface area contributed by atoms with Crippen molar-refractivity contribution in [1.29, 1.82) is 0 Å². The zero-order valence-corrected chi connectivity index (χ0v) is 17.0. The number of nitrogens with zero attached hydrogens (tertiary/aromatic N) is 3. The van der Waals surface area contributed by atoms with Crippen LogP contribution in [0.15, 0.2) is 30.3 Å². The number of likely N-dealkylation sites (tertiary alicyclic amines) is 1. The molecule has 146 valence electrons. The third-order valence-corrected chi connectivity index (χ3v) is 6.89. The second-order valence-electron chi connectivity index (χ2n) is 7.59. The largest absolute Gasteiger partial charge is 0.343 e. The summed E-state index contributed by atoms with van der Waals surface area (Å²) in [5, 5.41) is 4.39. The summed E-state index contributed by atoms with van der Waals surface area (Å²) >= 11 is 2.06. The number of para-hydroxylation sites is 1. The van der Waals surface area contributed by atoms with Gasteiger partial charge in [0, 0.05) is 68.0 Å². The Labute approximate surface area is 166 Å². The first-order valence-electron chi connectivity index (χ1n) is 10.1. The molecule has 1 aromatic heterocycles. The van der Waals surface area contributed by atoms with E-state index in [9.17, 15) is 4.79 Å². The normalized spacial score (nSPS) is 19.5. The van der Waals surface area contributed by atoms with Gasteiger partial charge in [0.2, 0.25) is 0 Å². The number of aromatic nitrogens is 1. The Bertz CT molecular complexity index is 776. The predicted octanol–water partition coefficient (Wildman–Crippen LogP) is 3.17. The van der Waals surface area contributed by atoms with Crippen LogP contribution in [0.25, 0.3) is 10.9 Å². The summed E-state index contributed by atoms with van der Waals surface area (Å²) in [5.41, 5.74) is 2.48. The van der Waals surface area contributed by atoms with E-state index in [4.69, 9.17) is 0 Å². The molecule has 4 rings (SSSR count). The molecule has 2 saturated heterocycles. The molecule has 2 amide bonds. The van der Waals surface area contributed by atoms with Crippen molar-refractivity contribution < 1.29 is 4.79 Å². The van der Waals surface area contributed by atoms with E-state index >= 15 is 0 Å². The van der Waals surface area contributed by atoms with E-state index in [1.165, 1.54) is 41.2 Å². The van der Waals surface area contributed by atoms with Gasteiger partial charge in [0.05, 0.1) is 0 Å². The SMILES string of the molecule is Cc1cc2ccccc2n1CCNC(=O)N1CCC(N2CCSCC2)CC1. The van der Waals surface area contributed by atoms with Crippen LogP contribution in [0.3, 0.4) is 0 Å². The summed E-state index contributed by atoms with van der Waals surface area (Å²) in [4.78, 5) is 17.2. The number of piperidine rings is 1. The molecule has 1 aromatic carbocycles. The van der Waals surface area contributed by atoms with Gasteiger partial charge in [0.15, 0.2) is 0 Å². The molecule has 6 heteroatoms. The van der Waals surface area contributed by atoms with E-state index < -0.39 is 0 Å². The number of hydrogen-bond donors (Lipinski definition) is 1. The molecule has 0 atom stereocenters. The Hall–Kier alpha value is -1.66. The fourth-order valence-corrected chi connectivity index (χ4v) is 5.34. The van der Waals surface area contributed by atoms with E-state index in [0.717, 1.165) is 32.5 Å². The van der Waals surface area contributed by atoms with Gasteiger partial charge in [-0.15, -0.1) is 0 Å². The van der Waals surface area contributed by atoms with Crippen LogP contribution in [0, 0.1) is 6.92 Å². The zero-order chi connectivity index (χ0) is 18.6. The van der Waals surface area contributed by atoms with Gasteiger partial charge in [0.25, 0.3) is 0 Å². The summed E-state index contributed by atoms with van der Waals surface area (Å²) in [6.45, 7) is 7.80. The summed E-state index contributed by atoms with van der Waals surface area (Å²) in [5.74, 6) is 2.52. The summed E-state index contributed by atoms with van der Waals surface area (Å²) in [6.07, 6.45) is 2.22. The van der Waals surface area contributed by atoms with E-state index in [-0.39, 0.29) is 6.03 Å². The third-order valence-electron chi connectivity index (χ3n) is 5.94. The third kappa shape index (κ3) is 4.27. The lowest BCUT2D eigenvalue weighted by molar-refractivity contribution is 0.124. The van der Waals surface area contributed by atoms with Gasteiger partial charge in [-0.25, -0.2) is 4.79 Å². The maximum Gasteiger partial charge on any atom is 0.317 e. The lowest BCUT2D eigenvalue weighted by atomic mass is 10.0. The molecule has 5 nitrogen and oxygen atoms in total. The number of nitrogens with one attached hydrogen (secondary N) is 1. The molecule has 2 aliphatic heterocycles. The van der Waals surface area contributed by atoms with Crippen LogP contribution in [-0.2, 0) is 6.54 Å². The number of benzene rings is 1. The number of aryl methyl sites for hydroxylation is 1. The fraction of sp³-hybridized carbons (Fsp3) is 0.571. The lowest BCUT2D eigenvalue weighted by Crippen LogP contribution is -2.51. The highest BCUT2D eigenvalue weighted by atomic mass is 32.2. The molecule has 0 bridgehead atoms. The quantitative estimate of drug-likeness (QED) is 0.877. The first-order chi connectivity index (χ1) is 13.2. The minimum Gasteiger partial charge on any atom is -0.343 e. The minimum absolute atomic E-state index is 0.0942. The minimum atomic E-state index is 0.0942. The highest BCUT2D eigenvalue weighted by Gasteiger charge is 2.27. The monoisotopic (exact) mass is 386 g/mol. The summed E-state index contributed by atoms with van der Waals surface area (Å²) < 4.78 is 2.29. The number of carbonyl (C=O) groups excluding carboxylic acids is 1. The van der Waals surface area contributed by atoms with Crippen molar-refractivity contribution in [2.45, 2.75) is 32.4 Å². The van der Waals surface area contributed by atoms with Crippen LogP contribution >= 0.6 is 11.8 Å². The van der Waals surface area contributed by atoms with Crippen LogP contribution in [0.2, 0.25) is 0 Å². The van der Waals surface area contributed by atoms with Crippen molar-refractivity contribution >= 4 is 28.7 Å². The number of hydrogen-bond acceptors (Lipinski definition) is 3. The Kier molecular flexibility index (Phi) is 5.93. The lowest BCUT2D eigenvalue weighted by Gasteiger charge is -2.40. The molecular weight excluding hydrogens is 356 g/mol. The van der Waals surface area contributed by atoms with E-state index in [0.29, 0.717) is 12.6 Å². The highest BCUT2D eigenvalue weighted by molar-refractivity contribution is 7.99. The number of fused-ring (bicyclic) bond motifs is 1. The maximum atomic E-state index is 12.5. The number of urea groups is 1. The van der Waals surface area contributed by atoms with Gasteiger partial charge in [0.1, 0.15) is 0 Å². The topological polar surface area (TPSA) is 40.5 Å². The van der Waals surface area contributed by atoms with Gasteiger partial charge < -0.3 is 14.8 Å². The second-order valence-corrected chi connectivity index (χ2v) is 8.82. The van der Waals surface area contributed by atoms with E-state index in [1.807, 2.05) is 4.90 Å². The van der Waals surface area contributed by atoms with Crippen LogP contribution in [0.5, 0.6) is 0 Å². The van der Waals surface area contributed by atoms with Gasteiger partial charge >= 0.3 is 6.03 Å². The van der Waals surface area contributed by atoms with Crippen molar-refractivity contribution in [2.24, 2.45) is 0 Å². The molecule has 2 fully saturated rings. The summed E-state index contributed by atoms with van der Waals surface area (Å²) in [6, 6.07) is 11.4. The van der Waals surface area contributed by atoms with Crippen LogP contribution in [-0.4, -0.2) is 70.7 Å². The Morgan fingerprint density at radius 1 is 1.15 bits per heavy atom. The maximum absolute atomic E-state index is 12.5. The highest BCUT2D eigenvalue weighted by Crippen LogP contribution is 2.21. The molecule has 0 aliphatic carbocycles. The number of rotatable bonds is 4. The Balaban J connectivity index is 1.24. The number of thioether (sulfide) groups is 1. The van der Waals surface area contributed by atoms with Crippen molar-refractivity contribution in [3.8, 4) is 0 Å². The average Bonchev–Trinajstić information content (AvgIpc) is 3.04. The van der Waals surface area contributed by atoms with E-state index in [1.54, 1.807) is 0 Å². The molecule has 0 radical (unpaired) electrons. The molecule has 0 spiro atoms. The molecule has 2 aromatic rings. The van der Waals surface area contributed by atoms with Crippen LogP contribution < -0.4 is 5.32 Å². The Morgan fingerprint density at radius 3 is 2.67 bits per heavy atom. The smallest absolute Gasteiger partial charge is 0.317 e. The average molecular weight is 387 g/mol. The molecule has 2 aliphatic rings. The first-order valence-corrected chi connectivity index (χ1v) is 11.3. The number of carbonyl (C=O) groups is 1. The predicted molar refractivity (Wildman–Crippen MR) is 114 cm³/mol. The fourth-order valence-electron chi connectivity index (χ4n) is 4.41. The van der Waals surface area contributed by atoms with Crippen molar-refractivity contribution in [3.63, 3.8) is 0 Å². The van der Waals surface area contributed by atoms with Gasteiger partial charge in [-0.3, -0.25) is 4.90 Å². The van der Waals surface area contributed by atoms with Crippen molar-refractivity contribution in [3.05, 3.63) is 36.0 Å². The van der Waals surface area contributed by atoms with Gasteiger partial charge in [-0.1, -0.05) is 18.2 Å². The molecular formula is C21H30N4OS. The van der Waals surface area contributed by atoms with E-state index in [2.05, 4.69) is 63.8 Å². The molecule has 0 unspecified atom stereocenters. The van der Waals surface area contributed by atoms with Crippen LogP contribution in [0.1, 0.15) is 18.5 Å². The molecule has 1 N–H and O–H groups in total. The Morgan fingerprint density at radius 2 is 1.89 bits per heavy atom.